The van der Waals surface area contributed by atoms with Crippen LogP contribution in [0.4, 0.5) is 0 Å². The number of amides is 2. The van der Waals surface area contributed by atoms with Crippen LogP contribution in [0, 0.1) is 0 Å². The van der Waals surface area contributed by atoms with Gasteiger partial charge in [0, 0.05) is 13.0 Å². The van der Waals surface area contributed by atoms with Gasteiger partial charge in [-0.15, -0.1) is 0 Å². The summed E-state index contributed by atoms with van der Waals surface area (Å²) in [6.45, 7) is 2.63. The van der Waals surface area contributed by atoms with Gasteiger partial charge in [0.2, 0.25) is 11.8 Å². The van der Waals surface area contributed by atoms with E-state index in [2.05, 4.69) is 5.32 Å². The van der Waals surface area contributed by atoms with Gasteiger partial charge in [-0.25, -0.2) is 4.79 Å². The molecule has 2 heterocycles. The lowest BCUT2D eigenvalue weighted by molar-refractivity contribution is -0.153. The van der Waals surface area contributed by atoms with Crippen molar-refractivity contribution in [2.45, 2.75) is 44.7 Å². The Bertz CT molecular complexity index is 369. The zero-order valence-corrected chi connectivity index (χ0v) is 10.5. The monoisotopic (exact) mass is 254 g/mol. The Labute approximate surface area is 106 Å². The molecule has 1 N–H and O–H groups in total. The van der Waals surface area contributed by atoms with Gasteiger partial charge in [0.05, 0.1) is 6.61 Å². The number of hydrogen-bond donors (Lipinski definition) is 1. The maximum absolute atomic E-state index is 12.2. The van der Waals surface area contributed by atoms with Gasteiger partial charge in [0.25, 0.3) is 0 Å². The number of ether oxygens (including phenoxy) is 1. The van der Waals surface area contributed by atoms with E-state index in [9.17, 15) is 14.4 Å². The molecule has 2 fully saturated rings. The van der Waals surface area contributed by atoms with Crippen LogP contribution < -0.4 is 5.32 Å². The van der Waals surface area contributed by atoms with E-state index in [1.807, 2.05) is 0 Å². The Morgan fingerprint density at radius 3 is 2.83 bits per heavy atom. The molecule has 2 aliphatic heterocycles. The molecular weight excluding hydrogens is 236 g/mol. The molecule has 2 aliphatic rings. The van der Waals surface area contributed by atoms with E-state index in [-0.39, 0.29) is 17.8 Å². The molecule has 2 atom stereocenters. The van der Waals surface area contributed by atoms with Crippen molar-refractivity contribution in [3.63, 3.8) is 0 Å². The SMILES string of the molecule is CCOC(=O)C1CCCN1C(=O)[C@@H]1CCC(=O)N1. The summed E-state index contributed by atoms with van der Waals surface area (Å²) in [7, 11) is 0. The quantitative estimate of drug-likeness (QED) is 0.709. The maximum atomic E-state index is 12.2. The number of hydrogen-bond acceptors (Lipinski definition) is 4. The number of likely N-dealkylation sites (tertiary alicyclic amines) is 1. The Kier molecular flexibility index (Phi) is 3.84. The summed E-state index contributed by atoms with van der Waals surface area (Å²) in [5.74, 6) is -0.593. The molecule has 100 valence electrons. The van der Waals surface area contributed by atoms with Gasteiger partial charge in [0.15, 0.2) is 0 Å². The smallest absolute Gasteiger partial charge is 0.328 e. The van der Waals surface area contributed by atoms with Gasteiger partial charge in [-0.2, -0.15) is 0 Å². The van der Waals surface area contributed by atoms with E-state index in [0.717, 1.165) is 6.42 Å². The fourth-order valence-corrected chi connectivity index (χ4v) is 2.51. The van der Waals surface area contributed by atoms with Crippen LogP contribution in [0.5, 0.6) is 0 Å². The van der Waals surface area contributed by atoms with Crippen molar-refractivity contribution in [1.29, 1.82) is 0 Å². The number of carbonyl (C=O) groups excluding carboxylic acids is 3. The minimum atomic E-state index is -0.477. The number of esters is 1. The third-order valence-electron chi connectivity index (χ3n) is 3.39. The van der Waals surface area contributed by atoms with Crippen LogP contribution in [0.2, 0.25) is 0 Å². The Balaban J connectivity index is 2.00. The first-order valence-corrected chi connectivity index (χ1v) is 6.40. The molecule has 18 heavy (non-hydrogen) atoms. The summed E-state index contributed by atoms with van der Waals surface area (Å²) in [4.78, 5) is 36.6. The molecule has 0 aromatic carbocycles. The van der Waals surface area contributed by atoms with E-state index in [1.54, 1.807) is 11.8 Å². The molecular formula is C12H18N2O4. The summed E-state index contributed by atoms with van der Waals surface area (Å²) < 4.78 is 4.97. The van der Waals surface area contributed by atoms with Gasteiger partial charge >= 0.3 is 5.97 Å². The van der Waals surface area contributed by atoms with Crippen LogP contribution in [0.3, 0.4) is 0 Å². The molecule has 0 saturated carbocycles. The standard InChI is InChI=1S/C12H18N2O4/c1-2-18-12(17)9-4-3-7-14(9)11(16)8-5-6-10(15)13-8/h8-9H,2-7H2,1H3,(H,13,15)/t8-,9?/m0/s1. The highest BCUT2D eigenvalue weighted by Crippen LogP contribution is 2.21. The topological polar surface area (TPSA) is 75.7 Å². The highest BCUT2D eigenvalue weighted by molar-refractivity contribution is 5.93. The Morgan fingerprint density at radius 1 is 1.44 bits per heavy atom. The minimum Gasteiger partial charge on any atom is -0.464 e. The second kappa shape index (κ2) is 5.37. The summed E-state index contributed by atoms with van der Waals surface area (Å²) >= 11 is 0. The van der Waals surface area contributed by atoms with Crippen molar-refractivity contribution < 1.29 is 19.1 Å². The van der Waals surface area contributed by atoms with E-state index in [4.69, 9.17) is 4.74 Å². The fourth-order valence-electron chi connectivity index (χ4n) is 2.51. The summed E-state index contributed by atoms with van der Waals surface area (Å²) in [6, 6.07) is -0.942. The Morgan fingerprint density at radius 2 is 2.22 bits per heavy atom. The fraction of sp³-hybridized carbons (Fsp3) is 0.750. The molecule has 2 amide bonds. The van der Waals surface area contributed by atoms with E-state index in [0.29, 0.717) is 32.4 Å². The van der Waals surface area contributed by atoms with Crippen molar-refractivity contribution in [3.05, 3.63) is 0 Å². The third kappa shape index (κ3) is 2.47. The average molecular weight is 254 g/mol. The van der Waals surface area contributed by atoms with Gasteiger partial charge < -0.3 is 15.0 Å². The zero-order valence-electron chi connectivity index (χ0n) is 10.5. The number of carbonyl (C=O) groups is 3. The number of rotatable bonds is 3. The second-order valence-corrected chi connectivity index (χ2v) is 4.60. The van der Waals surface area contributed by atoms with Crippen LogP contribution in [0.25, 0.3) is 0 Å². The first kappa shape index (κ1) is 12.9. The van der Waals surface area contributed by atoms with Crippen molar-refractivity contribution in [1.82, 2.24) is 10.2 Å². The normalized spacial score (nSPS) is 27.2. The molecule has 2 rings (SSSR count). The summed E-state index contributed by atoms with van der Waals surface area (Å²) in [5.41, 5.74) is 0. The van der Waals surface area contributed by atoms with Gasteiger partial charge in [-0.05, 0) is 26.2 Å². The zero-order chi connectivity index (χ0) is 13.1. The van der Waals surface area contributed by atoms with Crippen molar-refractivity contribution in [2.24, 2.45) is 0 Å². The lowest BCUT2D eigenvalue weighted by atomic mass is 10.1. The van der Waals surface area contributed by atoms with Crippen LogP contribution in [-0.4, -0.2) is 47.9 Å². The molecule has 0 spiro atoms. The largest absolute Gasteiger partial charge is 0.464 e. The lowest BCUT2D eigenvalue weighted by Gasteiger charge is -2.25. The molecule has 0 aromatic heterocycles. The van der Waals surface area contributed by atoms with Gasteiger partial charge in [-0.3, -0.25) is 9.59 Å². The van der Waals surface area contributed by atoms with Crippen LogP contribution in [0.15, 0.2) is 0 Å². The van der Waals surface area contributed by atoms with Crippen LogP contribution in [-0.2, 0) is 19.1 Å². The predicted molar refractivity (Wildman–Crippen MR) is 62.5 cm³/mol. The van der Waals surface area contributed by atoms with Crippen molar-refractivity contribution in [2.75, 3.05) is 13.2 Å². The number of nitrogens with one attached hydrogen (secondary N) is 1. The minimum absolute atomic E-state index is 0.0970. The molecule has 0 bridgehead atoms. The van der Waals surface area contributed by atoms with Crippen LogP contribution >= 0.6 is 0 Å². The summed E-state index contributed by atoms with van der Waals surface area (Å²) in [6.07, 6.45) is 2.35. The van der Waals surface area contributed by atoms with E-state index in [1.165, 1.54) is 0 Å². The van der Waals surface area contributed by atoms with Gasteiger partial charge in [0.1, 0.15) is 12.1 Å². The molecule has 1 unspecified atom stereocenters. The van der Waals surface area contributed by atoms with Crippen molar-refractivity contribution in [3.8, 4) is 0 Å². The molecule has 0 radical (unpaired) electrons. The molecule has 6 heteroatoms. The Hall–Kier alpha value is -1.59. The molecule has 2 saturated heterocycles. The van der Waals surface area contributed by atoms with E-state index < -0.39 is 12.1 Å². The molecule has 0 aliphatic carbocycles. The molecule has 0 aromatic rings. The molecule has 6 nitrogen and oxygen atoms in total. The van der Waals surface area contributed by atoms with Crippen LogP contribution in [0.1, 0.15) is 32.6 Å². The summed E-state index contributed by atoms with van der Waals surface area (Å²) in [5, 5.41) is 2.64. The second-order valence-electron chi connectivity index (χ2n) is 4.60. The maximum Gasteiger partial charge on any atom is 0.328 e. The van der Waals surface area contributed by atoms with E-state index >= 15 is 0 Å². The number of nitrogens with zero attached hydrogens (tertiary/aromatic N) is 1. The highest BCUT2D eigenvalue weighted by atomic mass is 16.5. The lowest BCUT2D eigenvalue weighted by Crippen LogP contribution is -2.49. The first-order valence-electron chi connectivity index (χ1n) is 6.40. The van der Waals surface area contributed by atoms with Crippen molar-refractivity contribution >= 4 is 17.8 Å². The highest BCUT2D eigenvalue weighted by Gasteiger charge is 2.39. The first-order chi connectivity index (χ1) is 8.63. The predicted octanol–water partition coefficient (Wildman–Crippen LogP) is -0.181. The average Bonchev–Trinajstić information content (AvgIpc) is 2.96. The third-order valence-corrected chi connectivity index (χ3v) is 3.39. The van der Waals surface area contributed by atoms with Gasteiger partial charge in [-0.1, -0.05) is 0 Å².